The van der Waals surface area contributed by atoms with Crippen molar-refractivity contribution in [2.24, 2.45) is 11.7 Å². The zero-order valence-electron chi connectivity index (χ0n) is 10.5. The van der Waals surface area contributed by atoms with E-state index in [4.69, 9.17) is 10.5 Å². The van der Waals surface area contributed by atoms with Gasteiger partial charge in [0.05, 0.1) is 6.61 Å². The molecule has 3 heteroatoms. The van der Waals surface area contributed by atoms with Crippen molar-refractivity contribution in [2.45, 2.75) is 39.2 Å². The van der Waals surface area contributed by atoms with Gasteiger partial charge in [-0.1, -0.05) is 29.8 Å². The lowest BCUT2D eigenvalue weighted by Crippen LogP contribution is -2.12. The quantitative estimate of drug-likeness (QED) is 0.917. The number of halogens is 1. The smallest absolute Gasteiger partial charge is 0.127 e. The van der Waals surface area contributed by atoms with Crippen molar-refractivity contribution in [2.75, 3.05) is 6.61 Å². The van der Waals surface area contributed by atoms with Crippen LogP contribution in [0.2, 0.25) is 0 Å². The third-order valence-electron chi connectivity index (χ3n) is 3.23. The van der Waals surface area contributed by atoms with Gasteiger partial charge in [0.15, 0.2) is 0 Å². The average molecular weight is 298 g/mol. The molecule has 1 aromatic carbocycles. The Bertz CT molecular complexity index is 403. The molecule has 0 spiro atoms. The SMILES string of the molecule is CC(C)CCC(N)c1cc(Br)cc2c1OCC2. The fourth-order valence-electron chi connectivity index (χ4n) is 2.24. The monoisotopic (exact) mass is 297 g/mol. The fraction of sp³-hybridized carbons (Fsp3) is 0.571. The Morgan fingerprint density at radius 2 is 2.12 bits per heavy atom. The molecule has 1 atom stereocenters. The lowest BCUT2D eigenvalue weighted by atomic mass is 9.96. The predicted octanol–water partition coefficient (Wildman–Crippen LogP) is 3.82. The Morgan fingerprint density at radius 3 is 2.82 bits per heavy atom. The number of hydrogen-bond donors (Lipinski definition) is 1. The second kappa shape index (κ2) is 5.40. The molecular weight excluding hydrogens is 278 g/mol. The summed E-state index contributed by atoms with van der Waals surface area (Å²) in [5.41, 5.74) is 8.73. The van der Waals surface area contributed by atoms with Gasteiger partial charge in [0, 0.05) is 22.5 Å². The van der Waals surface area contributed by atoms with Crippen LogP contribution in [0.15, 0.2) is 16.6 Å². The van der Waals surface area contributed by atoms with Crippen molar-refractivity contribution in [1.29, 1.82) is 0 Å². The summed E-state index contributed by atoms with van der Waals surface area (Å²) in [4.78, 5) is 0. The van der Waals surface area contributed by atoms with Crippen LogP contribution >= 0.6 is 15.9 Å². The van der Waals surface area contributed by atoms with Crippen molar-refractivity contribution in [3.05, 3.63) is 27.7 Å². The van der Waals surface area contributed by atoms with Gasteiger partial charge in [0.2, 0.25) is 0 Å². The molecule has 1 heterocycles. The highest BCUT2D eigenvalue weighted by atomic mass is 79.9. The maximum absolute atomic E-state index is 6.28. The summed E-state index contributed by atoms with van der Waals surface area (Å²) in [5.74, 6) is 1.73. The summed E-state index contributed by atoms with van der Waals surface area (Å²) >= 11 is 3.55. The van der Waals surface area contributed by atoms with Gasteiger partial charge in [-0.2, -0.15) is 0 Å². The molecule has 1 unspecified atom stereocenters. The second-order valence-corrected chi connectivity index (χ2v) is 6.08. The highest BCUT2D eigenvalue weighted by Gasteiger charge is 2.21. The Hall–Kier alpha value is -0.540. The normalized spacial score (nSPS) is 15.8. The van der Waals surface area contributed by atoms with E-state index in [2.05, 4.69) is 41.9 Å². The van der Waals surface area contributed by atoms with Crippen LogP contribution in [0.3, 0.4) is 0 Å². The van der Waals surface area contributed by atoms with Gasteiger partial charge in [-0.3, -0.25) is 0 Å². The number of hydrogen-bond acceptors (Lipinski definition) is 2. The minimum Gasteiger partial charge on any atom is -0.493 e. The van der Waals surface area contributed by atoms with Crippen molar-refractivity contribution >= 4 is 15.9 Å². The Morgan fingerprint density at radius 1 is 1.35 bits per heavy atom. The first-order valence-corrected chi connectivity index (χ1v) is 7.08. The Balaban J connectivity index is 2.20. The van der Waals surface area contributed by atoms with Crippen LogP contribution in [0.1, 0.15) is 43.9 Å². The van der Waals surface area contributed by atoms with Crippen LogP contribution in [0.5, 0.6) is 5.75 Å². The molecule has 2 rings (SSSR count). The maximum Gasteiger partial charge on any atom is 0.127 e. The minimum absolute atomic E-state index is 0.0850. The summed E-state index contributed by atoms with van der Waals surface area (Å²) in [7, 11) is 0. The molecule has 2 N–H and O–H groups in total. The maximum atomic E-state index is 6.28. The van der Waals surface area contributed by atoms with Gasteiger partial charge < -0.3 is 10.5 Å². The van der Waals surface area contributed by atoms with E-state index < -0.39 is 0 Å². The molecule has 0 fully saturated rings. The van der Waals surface area contributed by atoms with E-state index in [1.54, 1.807) is 0 Å². The summed E-state index contributed by atoms with van der Waals surface area (Å²) in [6.07, 6.45) is 3.17. The first-order valence-electron chi connectivity index (χ1n) is 6.28. The number of rotatable bonds is 4. The van der Waals surface area contributed by atoms with Crippen LogP contribution in [-0.4, -0.2) is 6.61 Å². The number of benzene rings is 1. The first-order chi connectivity index (χ1) is 8.08. The molecule has 1 aliphatic heterocycles. The second-order valence-electron chi connectivity index (χ2n) is 5.16. The molecule has 0 saturated heterocycles. The fourth-order valence-corrected chi connectivity index (χ4v) is 2.76. The van der Waals surface area contributed by atoms with Crippen molar-refractivity contribution in [1.82, 2.24) is 0 Å². The van der Waals surface area contributed by atoms with E-state index in [9.17, 15) is 0 Å². The van der Waals surface area contributed by atoms with Gasteiger partial charge >= 0.3 is 0 Å². The van der Waals surface area contributed by atoms with Gasteiger partial charge in [-0.05, 0) is 36.5 Å². The zero-order valence-corrected chi connectivity index (χ0v) is 12.1. The Labute approximate surface area is 112 Å². The van der Waals surface area contributed by atoms with Crippen LogP contribution in [0, 0.1) is 5.92 Å². The van der Waals surface area contributed by atoms with Crippen LogP contribution in [-0.2, 0) is 6.42 Å². The minimum atomic E-state index is 0.0850. The number of nitrogens with two attached hydrogens (primary N) is 1. The van der Waals surface area contributed by atoms with E-state index in [1.165, 1.54) is 5.56 Å². The molecule has 0 saturated carbocycles. The van der Waals surface area contributed by atoms with Gasteiger partial charge in [0.1, 0.15) is 5.75 Å². The molecule has 2 nitrogen and oxygen atoms in total. The van der Waals surface area contributed by atoms with E-state index in [0.29, 0.717) is 5.92 Å². The lowest BCUT2D eigenvalue weighted by Gasteiger charge is -2.17. The largest absolute Gasteiger partial charge is 0.493 e. The third-order valence-corrected chi connectivity index (χ3v) is 3.69. The summed E-state index contributed by atoms with van der Waals surface area (Å²) in [6, 6.07) is 4.33. The van der Waals surface area contributed by atoms with Crippen molar-refractivity contribution in [3.8, 4) is 5.75 Å². The highest BCUT2D eigenvalue weighted by Crippen LogP contribution is 2.37. The number of fused-ring (bicyclic) bond motifs is 1. The van der Waals surface area contributed by atoms with Crippen LogP contribution in [0.25, 0.3) is 0 Å². The van der Waals surface area contributed by atoms with Crippen LogP contribution in [0.4, 0.5) is 0 Å². The average Bonchev–Trinajstić information content (AvgIpc) is 2.72. The van der Waals surface area contributed by atoms with Gasteiger partial charge in [-0.25, -0.2) is 0 Å². The lowest BCUT2D eigenvalue weighted by molar-refractivity contribution is 0.349. The van der Waals surface area contributed by atoms with E-state index >= 15 is 0 Å². The van der Waals surface area contributed by atoms with E-state index in [0.717, 1.165) is 41.7 Å². The Kier molecular flexibility index (Phi) is 4.10. The first kappa shape index (κ1) is 12.9. The van der Waals surface area contributed by atoms with Crippen LogP contribution < -0.4 is 10.5 Å². The van der Waals surface area contributed by atoms with E-state index in [-0.39, 0.29) is 6.04 Å². The number of ether oxygens (including phenoxy) is 1. The molecule has 0 aliphatic carbocycles. The molecule has 17 heavy (non-hydrogen) atoms. The van der Waals surface area contributed by atoms with Crippen molar-refractivity contribution in [3.63, 3.8) is 0 Å². The molecule has 1 aliphatic rings. The molecule has 1 aromatic rings. The summed E-state index contributed by atoms with van der Waals surface area (Å²) in [5, 5.41) is 0. The molecular formula is C14H20BrNO. The zero-order chi connectivity index (χ0) is 12.4. The van der Waals surface area contributed by atoms with E-state index in [1.807, 2.05) is 0 Å². The molecule has 0 amide bonds. The van der Waals surface area contributed by atoms with Gasteiger partial charge in [-0.15, -0.1) is 0 Å². The molecule has 0 radical (unpaired) electrons. The molecule has 0 bridgehead atoms. The molecule has 0 aromatic heterocycles. The topological polar surface area (TPSA) is 35.2 Å². The molecule has 94 valence electrons. The third kappa shape index (κ3) is 3.02. The highest BCUT2D eigenvalue weighted by molar-refractivity contribution is 9.10. The predicted molar refractivity (Wildman–Crippen MR) is 74.3 cm³/mol. The summed E-state index contributed by atoms with van der Waals surface area (Å²) in [6.45, 7) is 5.25. The van der Waals surface area contributed by atoms with Gasteiger partial charge in [0.25, 0.3) is 0 Å². The summed E-state index contributed by atoms with van der Waals surface area (Å²) < 4.78 is 6.82. The standard InChI is InChI=1S/C14H20BrNO/c1-9(2)3-4-13(16)12-8-11(15)7-10-5-6-17-14(10)12/h7-9,13H,3-6,16H2,1-2H3. The van der Waals surface area contributed by atoms with Crippen molar-refractivity contribution < 1.29 is 4.74 Å².